The number of nitro groups is 1. The van der Waals surface area contributed by atoms with E-state index in [1.165, 1.54) is 6.33 Å². The zero-order valence-corrected chi connectivity index (χ0v) is 10.6. The Morgan fingerprint density at radius 1 is 1.38 bits per heavy atom. The highest BCUT2D eigenvalue weighted by molar-refractivity contribution is 5.63. The van der Waals surface area contributed by atoms with Crippen LogP contribution in [0.25, 0.3) is 0 Å². The molecule has 1 aromatic carbocycles. The summed E-state index contributed by atoms with van der Waals surface area (Å²) in [6, 6.07) is 2.40. The molecule has 9 heteroatoms. The van der Waals surface area contributed by atoms with Crippen molar-refractivity contribution in [2.75, 3.05) is 11.9 Å². The Hall–Kier alpha value is -2.58. The van der Waals surface area contributed by atoms with Gasteiger partial charge >= 0.3 is 6.18 Å². The van der Waals surface area contributed by atoms with Gasteiger partial charge in [-0.3, -0.25) is 10.1 Å². The molecule has 0 bridgehead atoms. The number of halogens is 3. The first-order valence-corrected chi connectivity index (χ1v) is 5.94. The molecule has 0 aliphatic heterocycles. The van der Waals surface area contributed by atoms with Crippen LogP contribution in [0.15, 0.2) is 30.7 Å². The van der Waals surface area contributed by atoms with E-state index >= 15 is 0 Å². The molecule has 0 aliphatic carbocycles. The molecule has 0 amide bonds. The molecule has 21 heavy (non-hydrogen) atoms. The normalized spacial score (nSPS) is 11.4. The summed E-state index contributed by atoms with van der Waals surface area (Å²) in [6.45, 7) is 0.328. The third-order valence-corrected chi connectivity index (χ3v) is 2.79. The predicted octanol–water partition coefficient (Wildman–Crippen LogP) is 2.99. The largest absolute Gasteiger partial charge is 0.416 e. The monoisotopic (exact) mass is 300 g/mol. The van der Waals surface area contributed by atoms with Gasteiger partial charge < -0.3 is 10.3 Å². The number of benzene rings is 1. The molecule has 0 fully saturated rings. The van der Waals surface area contributed by atoms with E-state index in [0.717, 1.165) is 17.8 Å². The molecular formula is C12H11F3N4O2. The first kappa shape index (κ1) is 14.8. The maximum atomic E-state index is 12.5. The van der Waals surface area contributed by atoms with Crippen LogP contribution in [0.1, 0.15) is 11.3 Å². The summed E-state index contributed by atoms with van der Waals surface area (Å²) in [5.74, 6) is 0. The van der Waals surface area contributed by atoms with E-state index in [1.807, 2.05) is 0 Å². The summed E-state index contributed by atoms with van der Waals surface area (Å²) in [5, 5.41) is 13.6. The van der Waals surface area contributed by atoms with Crippen molar-refractivity contribution in [1.29, 1.82) is 0 Å². The summed E-state index contributed by atoms with van der Waals surface area (Å²) >= 11 is 0. The second-order valence-corrected chi connectivity index (χ2v) is 4.24. The van der Waals surface area contributed by atoms with Crippen LogP contribution in [0.2, 0.25) is 0 Å². The molecule has 0 saturated heterocycles. The number of aromatic nitrogens is 2. The van der Waals surface area contributed by atoms with Gasteiger partial charge in [0.25, 0.3) is 5.69 Å². The standard InChI is InChI=1S/C12H11F3N4O2/c13-12(14,15)8-1-2-10(11(5-8)19(20)21)17-4-3-9-6-16-7-18-9/h1-2,5-7,17H,3-4H2,(H,16,18). The lowest BCUT2D eigenvalue weighted by atomic mass is 10.1. The predicted molar refractivity (Wildman–Crippen MR) is 68.9 cm³/mol. The molecule has 6 nitrogen and oxygen atoms in total. The minimum absolute atomic E-state index is 0.0486. The summed E-state index contributed by atoms with van der Waals surface area (Å²) < 4.78 is 37.6. The Labute approximate surface area is 117 Å². The second kappa shape index (κ2) is 5.81. The fourth-order valence-corrected chi connectivity index (χ4v) is 1.76. The van der Waals surface area contributed by atoms with Crippen molar-refractivity contribution in [3.05, 3.63) is 52.1 Å². The number of imidazole rings is 1. The van der Waals surface area contributed by atoms with Crippen LogP contribution >= 0.6 is 0 Å². The van der Waals surface area contributed by atoms with Gasteiger partial charge in [-0.25, -0.2) is 4.98 Å². The van der Waals surface area contributed by atoms with E-state index in [2.05, 4.69) is 15.3 Å². The number of nitro benzene ring substituents is 1. The molecule has 0 spiro atoms. The smallest absolute Gasteiger partial charge is 0.379 e. The summed E-state index contributed by atoms with van der Waals surface area (Å²) in [4.78, 5) is 16.7. The van der Waals surface area contributed by atoms with E-state index in [9.17, 15) is 23.3 Å². The second-order valence-electron chi connectivity index (χ2n) is 4.24. The fourth-order valence-electron chi connectivity index (χ4n) is 1.76. The highest BCUT2D eigenvalue weighted by atomic mass is 19.4. The van der Waals surface area contributed by atoms with E-state index in [4.69, 9.17) is 0 Å². The number of alkyl halides is 3. The van der Waals surface area contributed by atoms with Crippen LogP contribution in [0.3, 0.4) is 0 Å². The molecule has 0 saturated carbocycles. The minimum atomic E-state index is -4.61. The van der Waals surface area contributed by atoms with Crippen molar-refractivity contribution < 1.29 is 18.1 Å². The van der Waals surface area contributed by atoms with Crippen LogP contribution in [-0.2, 0) is 12.6 Å². The van der Waals surface area contributed by atoms with Gasteiger partial charge in [0.15, 0.2) is 0 Å². The Morgan fingerprint density at radius 3 is 2.71 bits per heavy atom. The SMILES string of the molecule is O=[N+]([O-])c1cc(C(F)(F)F)ccc1NCCc1cnc[nH]1. The molecule has 2 aromatic rings. The molecule has 0 aliphatic rings. The third kappa shape index (κ3) is 3.71. The van der Waals surface area contributed by atoms with Gasteiger partial charge in [0.05, 0.1) is 16.8 Å². The average Bonchev–Trinajstić information content (AvgIpc) is 2.90. The molecule has 2 rings (SSSR count). The lowest BCUT2D eigenvalue weighted by Crippen LogP contribution is -2.10. The van der Waals surface area contributed by atoms with Crippen molar-refractivity contribution in [2.45, 2.75) is 12.6 Å². The molecular weight excluding hydrogens is 289 g/mol. The molecule has 0 unspecified atom stereocenters. The first-order valence-electron chi connectivity index (χ1n) is 5.94. The summed E-state index contributed by atoms with van der Waals surface area (Å²) in [7, 11) is 0. The van der Waals surface area contributed by atoms with Crippen LogP contribution in [0.4, 0.5) is 24.5 Å². The van der Waals surface area contributed by atoms with Gasteiger partial charge in [0.2, 0.25) is 0 Å². The molecule has 0 radical (unpaired) electrons. The van der Waals surface area contributed by atoms with Gasteiger partial charge in [-0.1, -0.05) is 0 Å². The summed E-state index contributed by atoms with van der Waals surface area (Å²) in [5.41, 5.74) is -0.785. The van der Waals surface area contributed by atoms with E-state index < -0.39 is 22.4 Å². The first-order chi connectivity index (χ1) is 9.88. The Kier molecular flexibility index (Phi) is 4.10. The zero-order chi connectivity index (χ0) is 15.5. The van der Waals surface area contributed by atoms with Crippen LogP contribution in [-0.4, -0.2) is 21.4 Å². The lowest BCUT2D eigenvalue weighted by molar-refractivity contribution is -0.384. The lowest BCUT2D eigenvalue weighted by Gasteiger charge is -2.10. The zero-order valence-electron chi connectivity index (χ0n) is 10.6. The highest BCUT2D eigenvalue weighted by Gasteiger charge is 2.32. The molecule has 0 atom stereocenters. The number of H-pyrrole nitrogens is 1. The maximum absolute atomic E-state index is 12.5. The van der Waals surface area contributed by atoms with Crippen LogP contribution in [0, 0.1) is 10.1 Å². The van der Waals surface area contributed by atoms with Crippen LogP contribution < -0.4 is 5.32 Å². The molecule has 1 heterocycles. The minimum Gasteiger partial charge on any atom is -0.379 e. The van der Waals surface area contributed by atoms with Crippen molar-refractivity contribution in [3.8, 4) is 0 Å². The number of nitrogens with zero attached hydrogens (tertiary/aromatic N) is 2. The maximum Gasteiger partial charge on any atom is 0.416 e. The molecule has 112 valence electrons. The molecule has 2 N–H and O–H groups in total. The van der Waals surface area contributed by atoms with E-state index in [0.29, 0.717) is 19.0 Å². The Bertz CT molecular complexity index is 626. The Balaban J connectivity index is 2.13. The van der Waals surface area contributed by atoms with Crippen molar-refractivity contribution in [2.24, 2.45) is 0 Å². The van der Waals surface area contributed by atoms with Gasteiger partial charge in [-0.15, -0.1) is 0 Å². The van der Waals surface area contributed by atoms with Gasteiger partial charge in [0.1, 0.15) is 5.69 Å². The topological polar surface area (TPSA) is 83.8 Å². The third-order valence-electron chi connectivity index (χ3n) is 2.79. The fraction of sp³-hybridized carbons (Fsp3) is 0.250. The number of nitrogens with one attached hydrogen (secondary N) is 2. The van der Waals surface area contributed by atoms with Gasteiger partial charge in [0, 0.05) is 30.9 Å². The Morgan fingerprint density at radius 2 is 2.14 bits per heavy atom. The summed E-state index contributed by atoms with van der Waals surface area (Å²) in [6.07, 6.45) is -1.00. The van der Waals surface area contributed by atoms with Gasteiger partial charge in [-0.05, 0) is 12.1 Å². The number of hydrogen-bond acceptors (Lipinski definition) is 4. The van der Waals surface area contributed by atoms with Gasteiger partial charge in [-0.2, -0.15) is 13.2 Å². The van der Waals surface area contributed by atoms with E-state index in [-0.39, 0.29) is 5.69 Å². The highest BCUT2D eigenvalue weighted by Crippen LogP contribution is 2.34. The van der Waals surface area contributed by atoms with E-state index in [1.54, 1.807) is 6.20 Å². The van der Waals surface area contributed by atoms with Crippen molar-refractivity contribution >= 4 is 11.4 Å². The number of hydrogen-bond donors (Lipinski definition) is 2. The number of aromatic amines is 1. The van der Waals surface area contributed by atoms with Crippen LogP contribution in [0.5, 0.6) is 0 Å². The van der Waals surface area contributed by atoms with Crippen molar-refractivity contribution in [3.63, 3.8) is 0 Å². The number of anilines is 1. The average molecular weight is 300 g/mol. The van der Waals surface area contributed by atoms with Crippen molar-refractivity contribution in [1.82, 2.24) is 9.97 Å². The molecule has 1 aromatic heterocycles. The quantitative estimate of drug-likeness (QED) is 0.656. The number of rotatable bonds is 5.